The van der Waals surface area contributed by atoms with Crippen LogP contribution in [-0.4, -0.2) is 38.7 Å². The van der Waals surface area contributed by atoms with Gasteiger partial charge in [-0.2, -0.15) is 0 Å². The van der Waals surface area contributed by atoms with Crippen LogP contribution in [0.5, 0.6) is 11.5 Å². The molecule has 2 aromatic rings. The van der Waals surface area contributed by atoms with Crippen LogP contribution in [0.25, 0.3) is 0 Å². The number of ether oxygens (including phenoxy) is 3. The van der Waals surface area contributed by atoms with Crippen molar-refractivity contribution in [1.82, 2.24) is 5.32 Å². The molecule has 33 heavy (non-hydrogen) atoms. The highest BCUT2D eigenvalue weighted by atomic mass is 19.2. The number of rotatable bonds is 8. The molecule has 0 aliphatic heterocycles. The molecule has 0 saturated heterocycles. The molecular weight excluding hydrogens is 439 g/mol. The summed E-state index contributed by atoms with van der Waals surface area (Å²) in [6, 6.07) is 6.08. The Labute approximate surface area is 189 Å². The van der Waals surface area contributed by atoms with Gasteiger partial charge in [-0.25, -0.2) is 13.2 Å². The summed E-state index contributed by atoms with van der Waals surface area (Å²) in [5, 5.41) is 2.58. The maximum atomic E-state index is 14.0. The number of halogens is 3. The monoisotopic (exact) mass is 463 g/mol. The molecule has 3 unspecified atom stereocenters. The summed E-state index contributed by atoms with van der Waals surface area (Å²) < 4.78 is 56.6. The van der Waals surface area contributed by atoms with Gasteiger partial charge in [0.1, 0.15) is 11.5 Å². The second-order valence-electron chi connectivity index (χ2n) is 7.42. The highest BCUT2D eigenvalue weighted by Crippen LogP contribution is 2.40. The highest BCUT2D eigenvalue weighted by Gasteiger charge is 2.36. The lowest BCUT2D eigenvalue weighted by atomic mass is 9.84. The van der Waals surface area contributed by atoms with Gasteiger partial charge in [0.25, 0.3) is 5.91 Å². The molecule has 0 spiro atoms. The first kappa shape index (κ1) is 24.2. The number of benzene rings is 2. The third-order valence-corrected chi connectivity index (χ3v) is 5.45. The van der Waals surface area contributed by atoms with Gasteiger partial charge >= 0.3 is 5.97 Å². The molecule has 3 atom stereocenters. The van der Waals surface area contributed by atoms with Crippen molar-refractivity contribution in [2.45, 2.75) is 25.3 Å². The van der Waals surface area contributed by atoms with Gasteiger partial charge in [0, 0.05) is 11.6 Å². The van der Waals surface area contributed by atoms with Gasteiger partial charge in [-0.15, -0.1) is 0 Å². The minimum atomic E-state index is -1.71. The zero-order valence-electron chi connectivity index (χ0n) is 18.4. The molecule has 176 valence electrons. The number of amides is 1. The Morgan fingerprint density at radius 1 is 1.06 bits per heavy atom. The number of carbonyl (C=O) groups is 2. The lowest BCUT2D eigenvalue weighted by Crippen LogP contribution is -2.34. The summed E-state index contributed by atoms with van der Waals surface area (Å²) in [5.74, 6) is -6.16. The van der Waals surface area contributed by atoms with Crippen molar-refractivity contribution in [1.29, 1.82) is 0 Å². The fourth-order valence-corrected chi connectivity index (χ4v) is 3.88. The summed E-state index contributed by atoms with van der Waals surface area (Å²) in [6.07, 6.45) is 3.72. The summed E-state index contributed by atoms with van der Waals surface area (Å²) >= 11 is 0. The third-order valence-electron chi connectivity index (χ3n) is 5.45. The summed E-state index contributed by atoms with van der Waals surface area (Å²) in [4.78, 5) is 25.3. The highest BCUT2D eigenvalue weighted by molar-refractivity contribution is 5.94. The molecule has 1 aliphatic carbocycles. The van der Waals surface area contributed by atoms with Crippen molar-refractivity contribution in [2.24, 2.45) is 5.92 Å². The maximum absolute atomic E-state index is 14.0. The van der Waals surface area contributed by atoms with E-state index in [4.69, 9.17) is 14.2 Å². The van der Waals surface area contributed by atoms with Crippen LogP contribution in [-0.2, 0) is 9.53 Å². The van der Waals surface area contributed by atoms with Crippen LogP contribution in [0.15, 0.2) is 42.5 Å². The summed E-state index contributed by atoms with van der Waals surface area (Å²) in [6.45, 7) is 1.87. The lowest BCUT2D eigenvalue weighted by molar-refractivity contribution is -0.146. The summed E-state index contributed by atoms with van der Waals surface area (Å²) in [5.41, 5.74) is -0.0502. The van der Waals surface area contributed by atoms with E-state index < -0.39 is 46.9 Å². The van der Waals surface area contributed by atoms with Crippen LogP contribution in [0.4, 0.5) is 13.2 Å². The number of nitrogens with one attached hydrogen (secondary N) is 1. The minimum absolute atomic E-state index is 0.174. The van der Waals surface area contributed by atoms with Gasteiger partial charge in [-0.1, -0.05) is 12.2 Å². The number of esters is 1. The predicted octanol–water partition coefficient (Wildman–Crippen LogP) is 4.14. The first-order valence-corrected chi connectivity index (χ1v) is 10.3. The number of carbonyl (C=O) groups excluding carboxylic acids is 2. The van der Waals surface area contributed by atoms with Crippen molar-refractivity contribution < 1.29 is 37.0 Å². The van der Waals surface area contributed by atoms with Crippen molar-refractivity contribution in [3.8, 4) is 11.5 Å². The average molecular weight is 463 g/mol. The van der Waals surface area contributed by atoms with Crippen LogP contribution in [0.3, 0.4) is 0 Å². The Bertz CT molecular complexity index is 1070. The molecule has 0 saturated carbocycles. The van der Waals surface area contributed by atoms with Crippen molar-refractivity contribution >= 4 is 11.9 Å². The van der Waals surface area contributed by atoms with Gasteiger partial charge in [0.05, 0.1) is 32.3 Å². The zero-order valence-corrected chi connectivity index (χ0v) is 18.4. The predicted molar refractivity (Wildman–Crippen MR) is 114 cm³/mol. The van der Waals surface area contributed by atoms with E-state index in [9.17, 15) is 22.8 Å². The second kappa shape index (κ2) is 10.4. The van der Waals surface area contributed by atoms with Gasteiger partial charge in [-0.05, 0) is 49.6 Å². The maximum Gasteiger partial charge on any atom is 0.314 e. The quantitative estimate of drug-likeness (QED) is 0.362. The molecular formula is C24H24F3NO5. The van der Waals surface area contributed by atoms with Gasteiger partial charge in [0.15, 0.2) is 17.5 Å². The fraction of sp³-hybridized carbons (Fsp3) is 0.333. The molecule has 0 bridgehead atoms. The van der Waals surface area contributed by atoms with Crippen molar-refractivity contribution in [3.05, 3.63) is 71.1 Å². The Balaban J connectivity index is 1.83. The molecule has 2 aromatic carbocycles. The molecule has 1 aliphatic rings. The van der Waals surface area contributed by atoms with E-state index in [0.717, 1.165) is 6.07 Å². The molecule has 3 rings (SSSR count). The fourth-order valence-electron chi connectivity index (χ4n) is 3.88. The Morgan fingerprint density at radius 2 is 1.82 bits per heavy atom. The molecule has 9 heteroatoms. The zero-order chi connectivity index (χ0) is 24.1. The molecule has 0 fully saturated rings. The number of methoxy groups -OCH3 is 2. The topological polar surface area (TPSA) is 73.9 Å². The van der Waals surface area contributed by atoms with Crippen LogP contribution in [0.1, 0.15) is 35.2 Å². The number of hydrogen-bond donors (Lipinski definition) is 1. The van der Waals surface area contributed by atoms with E-state index in [1.165, 1.54) is 14.2 Å². The van der Waals surface area contributed by atoms with E-state index >= 15 is 0 Å². The number of allylic oxidation sites excluding steroid dienone is 1. The summed E-state index contributed by atoms with van der Waals surface area (Å²) in [7, 11) is 2.99. The molecule has 6 nitrogen and oxygen atoms in total. The SMILES string of the molecule is CCOC(=O)C(c1cc(OC)ccc1OC)C1C=CC(NC(=O)c2ccc(F)c(F)c2F)C1. The Hall–Kier alpha value is -3.49. The van der Waals surface area contributed by atoms with Gasteiger partial charge in [0.2, 0.25) is 0 Å². The molecule has 0 radical (unpaired) electrons. The van der Waals surface area contributed by atoms with Crippen LogP contribution >= 0.6 is 0 Å². The number of hydrogen-bond acceptors (Lipinski definition) is 5. The van der Waals surface area contributed by atoms with E-state index in [-0.39, 0.29) is 12.5 Å². The average Bonchev–Trinajstić information content (AvgIpc) is 3.25. The standard InChI is InChI=1S/C24H24F3NO5/c1-4-33-24(30)20(17-12-15(31-2)7-10-19(17)32-3)13-5-6-14(11-13)28-23(29)16-8-9-18(25)22(27)21(16)26/h5-10,12-14,20H,4,11H2,1-3H3,(H,28,29). The van der Waals surface area contributed by atoms with Crippen LogP contribution in [0.2, 0.25) is 0 Å². The van der Waals surface area contributed by atoms with E-state index in [0.29, 0.717) is 29.5 Å². The molecule has 1 N–H and O–H groups in total. The van der Waals surface area contributed by atoms with Crippen molar-refractivity contribution in [2.75, 3.05) is 20.8 Å². The van der Waals surface area contributed by atoms with E-state index in [1.807, 2.05) is 0 Å². The normalized spacial score (nSPS) is 18.0. The Kier molecular flexibility index (Phi) is 7.63. The molecule has 0 heterocycles. The smallest absolute Gasteiger partial charge is 0.314 e. The van der Waals surface area contributed by atoms with Gasteiger partial charge in [-0.3, -0.25) is 9.59 Å². The van der Waals surface area contributed by atoms with Crippen LogP contribution < -0.4 is 14.8 Å². The van der Waals surface area contributed by atoms with Crippen molar-refractivity contribution in [3.63, 3.8) is 0 Å². The minimum Gasteiger partial charge on any atom is -0.497 e. The largest absolute Gasteiger partial charge is 0.497 e. The second-order valence-corrected chi connectivity index (χ2v) is 7.42. The van der Waals surface area contributed by atoms with Gasteiger partial charge < -0.3 is 19.5 Å². The third kappa shape index (κ3) is 5.13. The first-order chi connectivity index (χ1) is 15.8. The molecule has 0 aromatic heterocycles. The molecule has 1 amide bonds. The van der Waals surface area contributed by atoms with E-state index in [1.54, 1.807) is 37.3 Å². The van der Waals surface area contributed by atoms with Crippen LogP contribution in [0, 0.1) is 23.4 Å². The first-order valence-electron chi connectivity index (χ1n) is 10.3. The van der Waals surface area contributed by atoms with E-state index in [2.05, 4.69) is 5.32 Å². The lowest BCUT2D eigenvalue weighted by Gasteiger charge is -2.24. The Morgan fingerprint density at radius 3 is 2.48 bits per heavy atom.